The predicted molar refractivity (Wildman–Crippen MR) is 54.0 cm³/mol. The Kier molecular flexibility index (Phi) is 3.70. The molecule has 1 rings (SSSR count). The van der Waals surface area contributed by atoms with Gasteiger partial charge in [0.15, 0.2) is 5.69 Å². The van der Waals surface area contributed by atoms with Crippen LogP contribution in [-0.2, 0) is 19.6 Å². The molecule has 0 atom stereocenters. The molecule has 6 heteroatoms. The highest BCUT2D eigenvalue weighted by Gasteiger charge is 2.38. The maximum Gasteiger partial charge on any atom is 0.435 e. The van der Waals surface area contributed by atoms with Crippen molar-refractivity contribution in [3.05, 3.63) is 11.3 Å². The summed E-state index contributed by atoms with van der Waals surface area (Å²) in [7, 11) is 1.55. The van der Waals surface area contributed by atoms with Crippen LogP contribution in [0, 0.1) is 0 Å². The molecule has 0 saturated carbocycles. The molecular formula is C9H13F3N2S. The molecule has 0 aromatic carbocycles. The first-order valence-corrected chi connectivity index (χ1v) is 5.66. The van der Waals surface area contributed by atoms with Crippen LogP contribution in [0.1, 0.15) is 25.1 Å². The van der Waals surface area contributed by atoms with E-state index < -0.39 is 11.9 Å². The summed E-state index contributed by atoms with van der Waals surface area (Å²) in [5, 5.41) is 4.16. The molecule has 1 heterocycles. The van der Waals surface area contributed by atoms with Crippen LogP contribution >= 0.6 is 11.8 Å². The summed E-state index contributed by atoms with van der Waals surface area (Å²) in [5.74, 6) is 0.740. The Labute approximate surface area is 90.8 Å². The number of aromatic nitrogens is 2. The van der Waals surface area contributed by atoms with Gasteiger partial charge >= 0.3 is 6.18 Å². The monoisotopic (exact) mass is 238 g/mol. The Balaban J connectivity index is 3.24. The smallest absolute Gasteiger partial charge is 0.261 e. The zero-order valence-corrected chi connectivity index (χ0v) is 9.67. The van der Waals surface area contributed by atoms with E-state index in [0.29, 0.717) is 17.0 Å². The van der Waals surface area contributed by atoms with Crippen LogP contribution in [0.25, 0.3) is 0 Å². The summed E-state index contributed by atoms with van der Waals surface area (Å²) in [6.07, 6.45) is -4.00. The lowest BCUT2D eigenvalue weighted by Gasteiger charge is -2.05. The zero-order chi connectivity index (χ0) is 11.6. The van der Waals surface area contributed by atoms with Crippen LogP contribution < -0.4 is 0 Å². The molecule has 1 aromatic rings. The number of halogens is 3. The van der Waals surface area contributed by atoms with Gasteiger partial charge in [-0.3, -0.25) is 4.68 Å². The average molecular weight is 238 g/mol. The van der Waals surface area contributed by atoms with Gasteiger partial charge in [0.1, 0.15) is 0 Å². The third-order valence-corrected chi connectivity index (χ3v) is 3.06. The van der Waals surface area contributed by atoms with Crippen molar-refractivity contribution >= 4 is 11.8 Å². The van der Waals surface area contributed by atoms with E-state index in [1.807, 2.05) is 6.92 Å². The number of alkyl halides is 3. The van der Waals surface area contributed by atoms with Crippen molar-refractivity contribution in [1.29, 1.82) is 0 Å². The molecule has 0 aliphatic heterocycles. The number of hydrogen-bond donors (Lipinski definition) is 0. The third kappa shape index (κ3) is 2.48. The summed E-state index contributed by atoms with van der Waals surface area (Å²) < 4.78 is 39.1. The molecule has 0 fully saturated rings. The van der Waals surface area contributed by atoms with Gasteiger partial charge in [-0.15, -0.1) is 11.8 Å². The Morgan fingerprint density at radius 2 is 1.93 bits per heavy atom. The van der Waals surface area contributed by atoms with Gasteiger partial charge in [0, 0.05) is 12.6 Å². The maximum atomic E-state index is 12.6. The molecule has 2 nitrogen and oxygen atoms in total. The minimum atomic E-state index is -4.35. The summed E-state index contributed by atoms with van der Waals surface area (Å²) in [6.45, 7) is 3.62. The lowest BCUT2D eigenvalue weighted by atomic mass is 10.2. The van der Waals surface area contributed by atoms with E-state index in [2.05, 4.69) is 5.10 Å². The number of rotatable bonds is 3. The molecule has 0 aliphatic carbocycles. The molecule has 0 saturated heterocycles. The maximum absolute atomic E-state index is 12.6. The second kappa shape index (κ2) is 4.47. The number of nitrogens with zero attached hydrogens (tertiary/aromatic N) is 2. The van der Waals surface area contributed by atoms with Gasteiger partial charge < -0.3 is 0 Å². The highest BCUT2D eigenvalue weighted by Crippen LogP contribution is 2.35. The Morgan fingerprint density at radius 3 is 2.33 bits per heavy atom. The fourth-order valence-corrected chi connectivity index (χ4v) is 2.33. The van der Waals surface area contributed by atoms with Gasteiger partial charge in [-0.2, -0.15) is 18.3 Å². The van der Waals surface area contributed by atoms with Crippen molar-refractivity contribution in [2.24, 2.45) is 7.05 Å². The first-order chi connectivity index (χ1) is 6.91. The highest BCUT2D eigenvalue weighted by molar-refractivity contribution is 7.99. The van der Waals surface area contributed by atoms with E-state index in [-0.39, 0.29) is 0 Å². The quantitative estimate of drug-likeness (QED) is 0.753. The van der Waals surface area contributed by atoms with Crippen molar-refractivity contribution in [2.75, 3.05) is 5.75 Å². The second-order valence-corrected chi connectivity index (χ2v) is 4.29. The summed E-state index contributed by atoms with van der Waals surface area (Å²) >= 11 is 1.39. The van der Waals surface area contributed by atoms with Crippen LogP contribution in [-0.4, -0.2) is 15.5 Å². The van der Waals surface area contributed by atoms with Gasteiger partial charge in [0.2, 0.25) is 0 Å². The number of aryl methyl sites for hydroxylation is 1. The molecule has 0 spiro atoms. The molecule has 0 N–H and O–H groups in total. The first kappa shape index (κ1) is 12.4. The third-order valence-electron chi connectivity index (χ3n) is 1.99. The summed E-state index contributed by atoms with van der Waals surface area (Å²) in [5.41, 5.74) is -0.444. The standard InChI is InChI=1S/C9H13F3N2S/c1-4-6-7(9(10,11)12)13-14(3)8(6)15-5-2/h4-5H2,1-3H3. The molecule has 0 bridgehead atoms. The van der Waals surface area contributed by atoms with Crippen molar-refractivity contribution < 1.29 is 13.2 Å². The SMILES string of the molecule is CCSc1c(CC)c(C(F)(F)F)nn1C. The van der Waals surface area contributed by atoms with Crippen molar-refractivity contribution in [1.82, 2.24) is 9.78 Å². The molecule has 1 aromatic heterocycles. The summed E-state index contributed by atoms with van der Waals surface area (Å²) in [6, 6.07) is 0. The van der Waals surface area contributed by atoms with Crippen molar-refractivity contribution in [2.45, 2.75) is 31.5 Å². The van der Waals surface area contributed by atoms with Gasteiger partial charge in [0.25, 0.3) is 0 Å². The molecule has 86 valence electrons. The average Bonchev–Trinajstić information content (AvgIpc) is 2.44. The van der Waals surface area contributed by atoms with Crippen LogP contribution in [0.15, 0.2) is 5.03 Å². The van der Waals surface area contributed by atoms with Crippen LogP contribution in [0.3, 0.4) is 0 Å². The summed E-state index contributed by atoms with van der Waals surface area (Å²) in [4.78, 5) is 0. The lowest BCUT2D eigenvalue weighted by molar-refractivity contribution is -0.142. The largest absolute Gasteiger partial charge is 0.435 e. The van der Waals surface area contributed by atoms with Crippen molar-refractivity contribution in [3.8, 4) is 0 Å². The highest BCUT2D eigenvalue weighted by atomic mass is 32.2. The number of hydrogen-bond acceptors (Lipinski definition) is 2. The van der Waals surface area contributed by atoms with Gasteiger partial charge in [-0.1, -0.05) is 13.8 Å². The topological polar surface area (TPSA) is 17.8 Å². The second-order valence-electron chi connectivity index (χ2n) is 3.04. The van der Waals surface area contributed by atoms with Crippen molar-refractivity contribution in [3.63, 3.8) is 0 Å². The van der Waals surface area contributed by atoms with Crippen LogP contribution in [0.2, 0.25) is 0 Å². The van der Waals surface area contributed by atoms with Gasteiger partial charge in [-0.05, 0) is 12.2 Å². The van der Waals surface area contributed by atoms with E-state index in [1.54, 1.807) is 14.0 Å². The molecule has 15 heavy (non-hydrogen) atoms. The molecule has 0 unspecified atom stereocenters. The van der Waals surface area contributed by atoms with E-state index in [0.717, 1.165) is 5.75 Å². The van der Waals surface area contributed by atoms with E-state index in [9.17, 15) is 13.2 Å². The lowest BCUT2D eigenvalue weighted by Crippen LogP contribution is -2.09. The normalized spacial score (nSPS) is 12.1. The zero-order valence-electron chi connectivity index (χ0n) is 8.85. The minimum Gasteiger partial charge on any atom is -0.261 e. The van der Waals surface area contributed by atoms with Gasteiger partial charge in [0.05, 0.1) is 5.03 Å². The van der Waals surface area contributed by atoms with E-state index in [1.165, 1.54) is 16.4 Å². The Hall–Kier alpha value is -0.650. The first-order valence-electron chi connectivity index (χ1n) is 4.67. The molecule has 0 aliphatic rings. The van der Waals surface area contributed by atoms with E-state index in [4.69, 9.17) is 0 Å². The Morgan fingerprint density at radius 1 is 1.33 bits per heavy atom. The van der Waals surface area contributed by atoms with Crippen LogP contribution in [0.4, 0.5) is 13.2 Å². The molecule has 0 amide bonds. The van der Waals surface area contributed by atoms with Crippen LogP contribution in [0.5, 0.6) is 0 Å². The molecule has 0 radical (unpaired) electrons. The fraction of sp³-hybridized carbons (Fsp3) is 0.667. The fourth-order valence-electron chi connectivity index (χ4n) is 1.42. The molecular weight excluding hydrogens is 225 g/mol. The Bertz CT molecular complexity index is 344. The van der Waals surface area contributed by atoms with E-state index >= 15 is 0 Å². The van der Waals surface area contributed by atoms with Gasteiger partial charge in [-0.25, -0.2) is 0 Å². The minimum absolute atomic E-state index is 0.303. The predicted octanol–water partition coefficient (Wildman–Crippen LogP) is 3.11. The number of thioether (sulfide) groups is 1.